The van der Waals surface area contributed by atoms with Crippen molar-refractivity contribution in [1.82, 2.24) is 24.8 Å². The predicted molar refractivity (Wildman–Crippen MR) is 123 cm³/mol. The summed E-state index contributed by atoms with van der Waals surface area (Å²) in [6.45, 7) is 2.16. The molecule has 0 atom stereocenters. The number of pyridine rings is 2. The molecule has 4 rings (SSSR count). The lowest BCUT2D eigenvalue weighted by Crippen LogP contribution is -2.25. The minimum atomic E-state index is -3.91. The molecule has 0 saturated carbocycles. The van der Waals surface area contributed by atoms with Crippen LogP contribution < -0.4 is 4.83 Å². The third-order valence-electron chi connectivity index (χ3n) is 4.97. The lowest BCUT2D eigenvalue weighted by Gasteiger charge is -2.13. The van der Waals surface area contributed by atoms with E-state index in [0.29, 0.717) is 11.4 Å². The van der Waals surface area contributed by atoms with Crippen molar-refractivity contribution in [2.24, 2.45) is 0 Å². The maximum atomic E-state index is 13.2. The summed E-state index contributed by atoms with van der Waals surface area (Å²) in [5.41, 5.74) is 2.08. The molecule has 0 aliphatic heterocycles. The number of unbranched alkanes of at least 4 members (excludes halogenated alkanes) is 2. The zero-order valence-electron chi connectivity index (χ0n) is 17.7. The van der Waals surface area contributed by atoms with Crippen LogP contribution in [-0.4, -0.2) is 33.3 Å². The van der Waals surface area contributed by atoms with Crippen molar-refractivity contribution in [2.75, 3.05) is 4.83 Å². The number of aromatic nitrogens is 5. The molecule has 3 heterocycles. The van der Waals surface area contributed by atoms with Gasteiger partial charge < -0.3 is 0 Å². The van der Waals surface area contributed by atoms with Gasteiger partial charge in [0.05, 0.1) is 4.90 Å². The minimum absolute atomic E-state index is 0.157. The van der Waals surface area contributed by atoms with Crippen LogP contribution in [0.3, 0.4) is 0 Å². The molecule has 0 amide bonds. The van der Waals surface area contributed by atoms with Crippen molar-refractivity contribution in [3.63, 3.8) is 0 Å². The molecule has 0 aliphatic rings. The fourth-order valence-electron chi connectivity index (χ4n) is 3.28. The molecule has 9 heteroatoms. The monoisotopic (exact) mass is 448 g/mol. The Morgan fingerprint density at radius 1 is 0.812 bits per heavy atom. The number of hydrogen-bond acceptors (Lipinski definition) is 6. The van der Waals surface area contributed by atoms with E-state index in [1.807, 2.05) is 12.1 Å². The predicted octanol–water partition coefficient (Wildman–Crippen LogP) is 4.07. The molecule has 0 aliphatic carbocycles. The van der Waals surface area contributed by atoms with Crippen LogP contribution >= 0.6 is 0 Å². The summed E-state index contributed by atoms with van der Waals surface area (Å²) >= 11 is 0. The summed E-state index contributed by atoms with van der Waals surface area (Å²) in [5.74, 6) is 0.539. The molecule has 0 unspecified atom stereocenters. The Bertz CT molecular complexity index is 1200. The summed E-state index contributed by atoms with van der Waals surface area (Å²) in [5, 5.41) is 8.36. The normalized spacial score (nSPS) is 11.4. The van der Waals surface area contributed by atoms with Crippen LogP contribution in [-0.2, 0) is 16.4 Å². The molecule has 0 bridgehead atoms. The smallest absolute Gasteiger partial charge is 0.253 e. The van der Waals surface area contributed by atoms with Crippen molar-refractivity contribution in [3.8, 4) is 23.0 Å². The summed E-state index contributed by atoms with van der Waals surface area (Å²) in [6.07, 6.45) is 7.54. The van der Waals surface area contributed by atoms with Gasteiger partial charge in [-0.25, -0.2) is 9.51 Å². The van der Waals surface area contributed by atoms with Gasteiger partial charge in [0.1, 0.15) is 11.4 Å². The molecule has 164 valence electrons. The molecule has 3 aromatic heterocycles. The highest BCUT2D eigenvalue weighted by molar-refractivity contribution is 7.92. The zero-order chi connectivity index (χ0) is 22.4. The molecule has 0 spiro atoms. The summed E-state index contributed by atoms with van der Waals surface area (Å²) in [4.78, 5) is 11.3. The van der Waals surface area contributed by atoms with E-state index in [1.54, 1.807) is 60.9 Å². The Labute approximate surface area is 187 Å². The standard InChI is InChI=1S/C23H24N6O2S/c1-2-3-4-9-18-12-14-19(15-13-18)32(30,31)28-29-22(20-10-5-7-16-24-20)26-27-23(29)21-11-6-8-17-25-21/h5-8,10-17,28H,2-4,9H2,1H3. The van der Waals surface area contributed by atoms with E-state index in [1.165, 1.54) is 4.68 Å². The fraction of sp³-hybridized carbons (Fsp3) is 0.217. The van der Waals surface area contributed by atoms with E-state index in [9.17, 15) is 8.42 Å². The first-order valence-corrected chi connectivity index (χ1v) is 12.0. The summed E-state index contributed by atoms with van der Waals surface area (Å²) in [6, 6.07) is 17.6. The average Bonchev–Trinajstić information content (AvgIpc) is 3.23. The molecule has 0 radical (unpaired) electrons. The van der Waals surface area contributed by atoms with Gasteiger partial charge in [0.2, 0.25) is 11.6 Å². The van der Waals surface area contributed by atoms with Crippen molar-refractivity contribution < 1.29 is 8.42 Å². The van der Waals surface area contributed by atoms with E-state index in [-0.39, 0.29) is 16.5 Å². The largest absolute Gasteiger partial charge is 0.275 e. The van der Waals surface area contributed by atoms with Crippen LogP contribution in [0.1, 0.15) is 31.7 Å². The summed E-state index contributed by atoms with van der Waals surface area (Å²) in [7, 11) is -3.91. The first-order valence-electron chi connectivity index (χ1n) is 10.5. The number of benzene rings is 1. The third-order valence-corrected chi connectivity index (χ3v) is 6.28. The van der Waals surface area contributed by atoms with Crippen LogP contribution in [0.2, 0.25) is 0 Å². The van der Waals surface area contributed by atoms with E-state index in [0.717, 1.165) is 31.2 Å². The third kappa shape index (κ3) is 4.83. The van der Waals surface area contributed by atoms with Gasteiger partial charge in [-0.3, -0.25) is 9.97 Å². The van der Waals surface area contributed by atoms with Gasteiger partial charge >= 0.3 is 0 Å². The number of rotatable bonds is 9. The summed E-state index contributed by atoms with van der Waals surface area (Å²) < 4.78 is 27.7. The van der Waals surface area contributed by atoms with Crippen LogP contribution in [0.15, 0.2) is 78.0 Å². The van der Waals surface area contributed by atoms with Gasteiger partial charge in [0, 0.05) is 12.4 Å². The quantitative estimate of drug-likeness (QED) is 0.387. The lowest BCUT2D eigenvalue weighted by atomic mass is 10.1. The Hall–Kier alpha value is -3.59. The second-order valence-corrected chi connectivity index (χ2v) is 8.97. The van der Waals surface area contributed by atoms with Gasteiger partial charge in [0.25, 0.3) is 10.0 Å². The second kappa shape index (κ2) is 9.69. The molecular weight excluding hydrogens is 424 g/mol. The van der Waals surface area contributed by atoms with Crippen molar-refractivity contribution in [3.05, 3.63) is 78.6 Å². The first-order chi connectivity index (χ1) is 15.6. The first kappa shape index (κ1) is 21.6. The molecule has 32 heavy (non-hydrogen) atoms. The molecule has 4 aromatic rings. The van der Waals surface area contributed by atoms with Crippen LogP contribution in [0.5, 0.6) is 0 Å². The molecule has 0 fully saturated rings. The van der Waals surface area contributed by atoms with Crippen molar-refractivity contribution in [1.29, 1.82) is 0 Å². The number of nitrogens with zero attached hydrogens (tertiary/aromatic N) is 5. The molecule has 8 nitrogen and oxygen atoms in total. The van der Waals surface area contributed by atoms with Gasteiger partial charge in [-0.2, -0.15) is 8.42 Å². The Morgan fingerprint density at radius 2 is 1.41 bits per heavy atom. The number of aryl methyl sites for hydroxylation is 1. The topological polar surface area (TPSA) is 103 Å². The van der Waals surface area contributed by atoms with E-state index >= 15 is 0 Å². The van der Waals surface area contributed by atoms with Crippen LogP contribution in [0.25, 0.3) is 23.0 Å². The van der Waals surface area contributed by atoms with E-state index in [2.05, 4.69) is 31.9 Å². The maximum absolute atomic E-state index is 13.2. The highest BCUT2D eigenvalue weighted by Crippen LogP contribution is 2.22. The number of nitrogens with one attached hydrogen (secondary N) is 1. The molecule has 1 N–H and O–H groups in total. The highest BCUT2D eigenvalue weighted by atomic mass is 32.2. The van der Waals surface area contributed by atoms with Crippen molar-refractivity contribution in [2.45, 2.75) is 37.5 Å². The Balaban J connectivity index is 1.68. The van der Waals surface area contributed by atoms with Crippen molar-refractivity contribution >= 4 is 10.0 Å². The number of sulfonamides is 1. The van der Waals surface area contributed by atoms with Gasteiger partial charge in [-0.05, 0) is 54.8 Å². The highest BCUT2D eigenvalue weighted by Gasteiger charge is 2.23. The number of hydrogen-bond donors (Lipinski definition) is 1. The van der Waals surface area contributed by atoms with Gasteiger partial charge in [0.15, 0.2) is 0 Å². The average molecular weight is 449 g/mol. The van der Waals surface area contributed by atoms with Crippen LogP contribution in [0, 0.1) is 0 Å². The molecule has 0 saturated heterocycles. The Kier molecular flexibility index (Phi) is 6.55. The van der Waals surface area contributed by atoms with E-state index < -0.39 is 10.0 Å². The van der Waals surface area contributed by atoms with Gasteiger partial charge in [-0.15, -0.1) is 10.2 Å². The minimum Gasteiger partial charge on any atom is -0.253 e. The SMILES string of the molecule is CCCCCc1ccc(S(=O)(=O)Nn2c(-c3ccccn3)nnc2-c2ccccn2)cc1. The second-order valence-electron chi connectivity index (χ2n) is 7.31. The van der Waals surface area contributed by atoms with Crippen LogP contribution in [0.4, 0.5) is 0 Å². The maximum Gasteiger partial charge on any atom is 0.275 e. The van der Waals surface area contributed by atoms with E-state index in [4.69, 9.17) is 0 Å². The fourth-order valence-corrected chi connectivity index (χ4v) is 4.29. The lowest BCUT2D eigenvalue weighted by molar-refractivity contribution is 0.595. The zero-order valence-corrected chi connectivity index (χ0v) is 18.5. The molecule has 1 aromatic carbocycles. The van der Waals surface area contributed by atoms with Gasteiger partial charge in [-0.1, -0.05) is 44.0 Å². The Morgan fingerprint density at radius 3 is 1.91 bits per heavy atom. The molecular formula is C23H24N6O2S.